The Hall–Kier alpha value is -2.36. The van der Waals surface area contributed by atoms with Gasteiger partial charge in [0.25, 0.3) is 0 Å². The van der Waals surface area contributed by atoms with E-state index < -0.39 is 5.41 Å². The summed E-state index contributed by atoms with van der Waals surface area (Å²) in [5.74, 6) is 1.37. The number of aromatic nitrogens is 1. The third-order valence-electron chi connectivity index (χ3n) is 4.42. The van der Waals surface area contributed by atoms with Gasteiger partial charge in [0, 0.05) is 11.8 Å². The van der Waals surface area contributed by atoms with Crippen LogP contribution in [-0.4, -0.2) is 18.0 Å². The molecule has 22 heavy (non-hydrogen) atoms. The molecule has 1 aliphatic carbocycles. The van der Waals surface area contributed by atoms with Crippen molar-refractivity contribution in [2.45, 2.75) is 31.6 Å². The van der Waals surface area contributed by atoms with Gasteiger partial charge < -0.3 is 10.1 Å². The van der Waals surface area contributed by atoms with Crippen LogP contribution in [0.5, 0.6) is 5.75 Å². The standard InChI is InChI=1S/C18H20N2O2/c1-13-8-9-16(19-12-13)20-17(21)18(10-5-11-18)14-6-3-4-7-15(14)22-2/h3-4,6-9,12H,5,10-11H2,1-2H3,(H,19,20,21). The second-order valence-corrected chi connectivity index (χ2v) is 5.81. The number of hydrogen-bond acceptors (Lipinski definition) is 3. The van der Waals surface area contributed by atoms with Gasteiger partial charge in [0.1, 0.15) is 11.6 Å². The van der Waals surface area contributed by atoms with Gasteiger partial charge in [0.15, 0.2) is 0 Å². The van der Waals surface area contributed by atoms with Crippen LogP contribution in [-0.2, 0) is 10.2 Å². The number of anilines is 1. The third kappa shape index (κ3) is 2.45. The lowest BCUT2D eigenvalue weighted by atomic mass is 9.63. The van der Waals surface area contributed by atoms with Crippen LogP contribution < -0.4 is 10.1 Å². The molecule has 0 aliphatic heterocycles. The molecular weight excluding hydrogens is 276 g/mol. The largest absolute Gasteiger partial charge is 0.496 e. The maximum Gasteiger partial charge on any atom is 0.236 e. The second kappa shape index (κ2) is 5.79. The van der Waals surface area contributed by atoms with Crippen LogP contribution >= 0.6 is 0 Å². The maximum absolute atomic E-state index is 12.9. The van der Waals surface area contributed by atoms with E-state index >= 15 is 0 Å². The monoisotopic (exact) mass is 296 g/mol. The van der Waals surface area contributed by atoms with Crippen LogP contribution in [0.1, 0.15) is 30.4 Å². The number of amides is 1. The van der Waals surface area contributed by atoms with Crippen molar-refractivity contribution in [3.05, 3.63) is 53.7 Å². The van der Waals surface area contributed by atoms with Gasteiger partial charge >= 0.3 is 0 Å². The number of aryl methyl sites for hydroxylation is 1. The predicted molar refractivity (Wildman–Crippen MR) is 86.1 cm³/mol. The summed E-state index contributed by atoms with van der Waals surface area (Å²) in [6.07, 6.45) is 4.48. The fraction of sp³-hybridized carbons (Fsp3) is 0.333. The minimum atomic E-state index is -0.501. The van der Waals surface area contributed by atoms with Crippen molar-refractivity contribution in [1.82, 2.24) is 4.98 Å². The molecule has 4 heteroatoms. The number of carbonyl (C=O) groups is 1. The van der Waals surface area contributed by atoms with Crippen LogP contribution in [0.2, 0.25) is 0 Å². The zero-order valence-corrected chi connectivity index (χ0v) is 12.9. The van der Waals surface area contributed by atoms with Gasteiger partial charge in [-0.1, -0.05) is 30.7 Å². The minimum absolute atomic E-state index is 0.000368. The molecule has 1 aliphatic rings. The van der Waals surface area contributed by atoms with E-state index in [1.807, 2.05) is 43.3 Å². The first kappa shape index (κ1) is 14.6. The van der Waals surface area contributed by atoms with Gasteiger partial charge in [-0.05, 0) is 37.5 Å². The predicted octanol–water partition coefficient (Wildman–Crippen LogP) is 3.46. The highest BCUT2D eigenvalue weighted by Gasteiger charge is 2.47. The molecule has 0 unspecified atom stereocenters. The van der Waals surface area contributed by atoms with Crippen molar-refractivity contribution in [2.75, 3.05) is 12.4 Å². The van der Waals surface area contributed by atoms with Gasteiger partial charge in [-0.15, -0.1) is 0 Å². The van der Waals surface area contributed by atoms with Crippen LogP contribution in [0.25, 0.3) is 0 Å². The number of para-hydroxylation sites is 1. The number of pyridine rings is 1. The Morgan fingerprint density at radius 1 is 1.23 bits per heavy atom. The number of nitrogens with zero attached hydrogens (tertiary/aromatic N) is 1. The average Bonchev–Trinajstić information content (AvgIpc) is 2.49. The maximum atomic E-state index is 12.9. The Labute approximate surface area is 130 Å². The van der Waals surface area contributed by atoms with Crippen LogP contribution in [0, 0.1) is 6.92 Å². The Balaban J connectivity index is 1.89. The number of hydrogen-bond donors (Lipinski definition) is 1. The quantitative estimate of drug-likeness (QED) is 0.940. The van der Waals surface area contributed by atoms with Crippen molar-refractivity contribution >= 4 is 11.7 Å². The zero-order chi connectivity index (χ0) is 15.6. The van der Waals surface area contributed by atoms with E-state index in [2.05, 4.69) is 10.3 Å². The lowest BCUT2D eigenvalue weighted by Crippen LogP contribution is -2.46. The topological polar surface area (TPSA) is 51.2 Å². The highest BCUT2D eigenvalue weighted by Crippen LogP contribution is 2.47. The number of rotatable bonds is 4. The first-order valence-corrected chi connectivity index (χ1v) is 7.53. The fourth-order valence-electron chi connectivity index (χ4n) is 2.97. The van der Waals surface area contributed by atoms with E-state index in [0.717, 1.165) is 36.1 Å². The van der Waals surface area contributed by atoms with Crippen molar-refractivity contribution in [3.8, 4) is 5.75 Å². The summed E-state index contributed by atoms with van der Waals surface area (Å²) < 4.78 is 5.45. The third-order valence-corrected chi connectivity index (χ3v) is 4.42. The Morgan fingerprint density at radius 3 is 2.59 bits per heavy atom. The smallest absolute Gasteiger partial charge is 0.236 e. The van der Waals surface area contributed by atoms with Gasteiger partial charge in [0.2, 0.25) is 5.91 Å². The van der Waals surface area contributed by atoms with Crippen LogP contribution in [0.15, 0.2) is 42.6 Å². The number of nitrogens with one attached hydrogen (secondary N) is 1. The number of methoxy groups -OCH3 is 1. The highest BCUT2D eigenvalue weighted by atomic mass is 16.5. The second-order valence-electron chi connectivity index (χ2n) is 5.81. The molecule has 0 saturated heterocycles. The molecule has 1 fully saturated rings. The first-order valence-electron chi connectivity index (χ1n) is 7.53. The Morgan fingerprint density at radius 2 is 2.00 bits per heavy atom. The Bertz CT molecular complexity index is 676. The summed E-state index contributed by atoms with van der Waals surface area (Å²) >= 11 is 0. The SMILES string of the molecule is COc1ccccc1C1(C(=O)Nc2ccc(C)cn2)CCC1. The van der Waals surface area contributed by atoms with Crippen molar-refractivity contribution < 1.29 is 9.53 Å². The van der Waals surface area contributed by atoms with Crippen molar-refractivity contribution in [2.24, 2.45) is 0 Å². The summed E-state index contributed by atoms with van der Waals surface area (Å²) in [5, 5.41) is 2.96. The molecular formula is C18H20N2O2. The van der Waals surface area contributed by atoms with Gasteiger partial charge in [0.05, 0.1) is 12.5 Å². The Kier molecular flexibility index (Phi) is 3.84. The molecule has 0 atom stereocenters. The normalized spacial score (nSPS) is 15.7. The zero-order valence-electron chi connectivity index (χ0n) is 12.9. The highest BCUT2D eigenvalue weighted by molar-refractivity contribution is 5.99. The molecule has 0 bridgehead atoms. The lowest BCUT2D eigenvalue weighted by molar-refractivity contribution is -0.124. The van der Waals surface area contributed by atoms with E-state index in [0.29, 0.717) is 5.82 Å². The molecule has 114 valence electrons. The molecule has 1 amide bonds. The van der Waals surface area contributed by atoms with E-state index in [9.17, 15) is 4.79 Å². The van der Waals surface area contributed by atoms with E-state index in [1.54, 1.807) is 13.3 Å². The molecule has 1 N–H and O–H groups in total. The van der Waals surface area contributed by atoms with E-state index in [-0.39, 0.29) is 5.91 Å². The molecule has 1 saturated carbocycles. The van der Waals surface area contributed by atoms with Gasteiger partial charge in [-0.2, -0.15) is 0 Å². The van der Waals surface area contributed by atoms with Crippen molar-refractivity contribution in [1.29, 1.82) is 0 Å². The van der Waals surface area contributed by atoms with Crippen LogP contribution in [0.4, 0.5) is 5.82 Å². The number of benzene rings is 1. The molecule has 1 aromatic carbocycles. The first-order chi connectivity index (χ1) is 10.7. The van der Waals surface area contributed by atoms with Crippen LogP contribution in [0.3, 0.4) is 0 Å². The summed E-state index contributed by atoms with van der Waals surface area (Å²) in [5.41, 5.74) is 1.54. The minimum Gasteiger partial charge on any atom is -0.496 e. The van der Waals surface area contributed by atoms with E-state index in [4.69, 9.17) is 4.74 Å². The van der Waals surface area contributed by atoms with Crippen molar-refractivity contribution in [3.63, 3.8) is 0 Å². The molecule has 1 heterocycles. The summed E-state index contributed by atoms with van der Waals surface area (Å²) in [7, 11) is 1.64. The molecule has 4 nitrogen and oxygen atoms in total. The summed E-state index contributed by atoms with van der Waals surface area (Å²) in [4.78, 5) is 17.1. The molecule has 3 rings (SSSR count). The molecule has 2 aromatic rings. The summed E-state index contributed by atoms with van der Waals surface area (Å²) in [6, 6.07) is 11.6. The van der Waals surface area contributed by atoms with Gasteiger partial charge in [-0.25, -0.2) is 4.98 Å². The molecule has 1 aromatic heterocycles. The van der Waals surface area contributed by atoms with E-state index in [1.165, 1.54) is 0 Å². The fourth-order valence-corrected chi connectivity index (χ4v) is 2.97. The van der Waals surface area contributed by atoms with Gasteiger partial charge in [-0.3, -0.25) is 4.79 Å². The lowest BCUT2D eigenvalue weighted by Gasteiger charge is -2.41. The number of carbonyl (C=O) groups excluding carboxylic acids is 1. The average molecular weight is 296 g/mol. The number of ether oxygens (including phenoxy) is 1. The molecule has 0 spiro atoms. The molecule has 0 radical (unpaired) electrons. The summed E-state index contributed by atoms with van der Waals surface area (Å²) in [6.45, 7) is 1.97.